The Balaban J connectivity index is 0. The molecule has 0 atom stereocenters. The van der Waals surface area contributed by atoms with E-state index in [2.05, 4.69) is 5.16 Å². The molecule has 8 heavy (non-hydrogen) atoms. The van der Waals surface area contributed by atoms with Crippen molar-refractivity contribution >= 4 is 5.84 Å². The maximum atomic E-state index is 8.05. The third kappa shape index (κ3) is 4.53. The van der Waals surface area contributed by atoms with Crippen LogP contribution in [0.4, 0.5) is 0 Å². The molecule has 45 valence electrons. The predicted molar refractivity (Wildman–Crippen MR) is 28.6 cm³/mol. The van der Waals surface area contributed by atoms with E-state index in [1.54, 1.807) is 11.8 Å². The zero-order valence-corrected chi connectivity index (χ0v) is 8.26. The standard InChI is InChI=1S/C4H10N2O.Y/c1-4(5-7)6(2)3;/h7H,1-3H3;/b5-4-;. The molecule has 0 aliphatic heterocycles. The van der Waals surface area contributed by atoms with Crippen molar-refractivity contribution in [1.82, 2.24) is 4.90 Å². The Kier molecular flexibility index (Phi) is 7.72. The third-order valence-electron chi connectivity index (χ3n) is 0.792. The van der Waals surface area contributed by atoms with Gasteiger partial charge in [-0.25, -0.2) is 0 Å². The number of oxime groups is 1. The molecule has 0 saturated heterocycles. The van der Waals surface area contributed by atoms with Crippen LogP contribution in [0.25, 0.3) is 0 Å². The summed E-state index contributed by atoms with van der Waals surface area (Å²) in [6, 6.07) is 0. The molecule has 3 nitrogen and oxygen atoms in total. The van der Waals surface area contributed by atoms with Crippen LogP contribution in [0.2, 0.25) is 0 Å². The summed E-state index contributed by atoms with van der Waals surface area (Å²) in [7, 11) is 3.63. The molecule has 0 aromatic rings. The second-order valence-electron chi connectivity index (χ2n) is 1.54. The average Bonchev–Trinajstić information content (AvgIpc) is 1.65. The summed E-state index contributed by atoms with van der Waals surface area (Å²) in [5.41, 5.74) is 0. The molecule has 1 radical (unpaired) electrons. The van der Waals surface area contributed by atoms with Gasteiger partial charge < -0.3 is 10.1 Å². The van der Waals surface area contributed by atoms with Crippen LogP contribution in [0.3, 0.4) is 0 Å². The first-order valence-electron chi connectivity index (χ1n) is 2.04. The summed E-state index contributed by atoms with van der Waals surface area (Å²) in [5.74, 6) is 0.611. The Hall–Kier alpha value is 0.374. The van der Waals surface area contributed by atoms with Gasteiger partial charge >= 0.3 is 0 Å². The topological polar surface area (TPSA) is 35.8 Å². The van der Waals surface area contributed by atoms with Crippen LogP contribution in [0, 0.1) is 0 Å². The molecule has 0 aromatic carbocycles. The Morgan fingerprint density at radius 2 is 1.88 bits per heavy atom. The maximum Gasteiger partial charge on any atom is 0.140 e. The Labute approximate surface area is 74.6 Å². The quantitative estimate of drug-likeness (QED) is 0.259. The number of hydrogen-bond acceptors (Lipinski definition) is 2. The fraction of sp³-hybridized carbons (Fsp3) is 0.750. The molecule has 0 aliphatic carbocycles. The van der Waals surface area contributed by atoms with Crippen LogP contribution in [-0.4, -0.2) is 30.0 Å². The summed E-state index contributed by atoms with van der Waals surface area (Å²) in [6.45, 7) is 1.72. The van der Waals surface area contributed by atoms with E-state index >= 15 is 0 Å². The summed E-state index contributed by atoms with van der Waals surface area (Å²) in [6.07, 6.45) is 0. The Morgan fingerprint density at radius 1 is 1.50 bits per heavy atom. The summed E-state index contributed by atoms with van der Waals surface area (Å²) >= 11 is 0. The smallest absolute Gasteiger partial charge is 0.140 e. The second kappa shape index (κ2) is 5.51. The van der Waals surface area contributed by atoms with Gasteiger partial charge in [-0.1, -0.05) is 5.16 Å². The average molecular weight is 191 g/mol. The molecule has 0 saturated carbocycles. The van der Waals surface area contributed by atoms with Gasteiger partial charge in [0.1, 0.15) is 5.84 Å². The van der Waals surface area contributed by atoms with Gasteiger partial charge in [0.15, 0.2) is 0 Å². The second-order valence-corrected chi connectivity index (χ2v) is 1.54. The van der Waals surface area contributed by atoms with E-state index in [1.807, 2.05) is 14.1 Å². The van der Waals surface area contributed by atoms with Gasteiger partial charge in [0.2, 0.25) is 0 Å². The molecule has 4 heteroatoms. The van der Waals surface area contributed by atoms with Crippen molar-refractivity contribution in [2.24, 2.45) is 5.16 Å². The van der Waals surface area contributed by atoms with Crippen molar-refractivity contribution in [1.29, 1.82) is 0 Å². The normalized spacial score (nSPS) is 10.1. The summed E-state index contributed by atoms with van der Waals surface area (Å²) in [4.78, 5) is 1.72. The summed E-state index contributed by atoms with van der Waals surface area (Å²) < 4.78 is 0. The molecule has 0 rings (SSSR count). The van der Waals surface area contributed by atoms with Crippen molar-refractivity contribution in [3.05, 3.63) is 0 Å². The molecule has 0 aliphatic rings. The first-order chi connectivity index (χ1) is 3.18. The SMILES string of the molecule is C/C(=N/O)N(C)C.[Y]. The van der Waals surface area contributed by atoms with E-state index in [0.29, 0.717) is 5.84 Å². The summed E-state index contributed by atoms with van der Waals surface area (Å²) in [5, 5.41) is 11.0. The van der Waals surface area contributed by atoms with E-state index in [9.17, 15) is 0 Å². The van der Waals surface area contributed by atoms with Crippen LogP contribution in [-0.2, 0) is 32.7 Å². The molecule has 0 unspecified atom stereocenters. The minimum atomic E-state index is 0. The van der Waals surface area contributed by atoms with Crippen molar-refractivity contribution < 1.29 is 37.9 Å². The number of nitrogens with zero attached hydrogens (tertiary/aromatic N) is 2. The fourth-order valence-electron chi connectivity index (χ4n) is 0.0894. The van der Waals surface area contributed by atoms with Gasteiger partial charge in [-0.2, -0.15) is 0 Å². The van der Waals surface area contributed by atoms with Crippen molar-refractivity contribution in [3.8, 4) is 0 Å². The molecule has 1 N–H and O–H groups in total. The molecule has 0 fully saturated rings. The maximum absolute atomic E-state index is 8.05. The van der Waals surface area contributed by atoms with Crippen molar-refractivity contribution in [2.45, 2.75) is 6.92 Å². The predicted octanol–water partition coefficient (Wildman–Crippen LogP) is 0.353. The van der Waals surface area contributed by atoms with E-state index in [0.717, 1.165) is 0 Å². The molecule has 0 spiro atoms. The van der Waals surface area contributed by atoms with Crippen molar-refractivity contribution in [3.63, 3.8) is 0 Å². The largest absolute Gasteiger partial charge is 0.409 e. The molecular formula is C4H10N2OY. The first-order valence-corrected chi connectivity index (χ1v) is 2.04. The fourth-order valence-corrected chi connectivity index (χ4v) is 0.0894. The Morgan fingerprint density at radius 3 is 1.88 bits per heavy atom. The van der Waals surface area contributed by atoms with Crippen LogP contribution in [0.15, 0.2) is 5.16 Å². The molecule has 0 heterocycles. The van der Waals surface area contributed by atoms with E-state index in [1.165, 1.54) is 0 Å². The molecule has 0 aromatic heterocycles. The Bertz CT molecular complexity index is 82.1. The third-order valence-corrected chi connectivity index (χ3v) is 0.792. The molecule has 0 amide bonds. The van der Waals surface area contributed by atoms with Crippen LogP contribution >= 0.6 is 0 Å². The van der Waals surface area contributed by atoms with Crippen molar-refractivity contribution in [2.75, 3.05) is 14.1 Å². The molecule has 0 bridgehead atoms. The number of hydrogen-bond donors (Lipinski definition) is 1. The minimum absolute atomic E-state index is 0. The monoisotopic (exact) mass is 191 g/mol. The zero-order chi connectivity index (χ0) is 5.86. The van der Waals surface area contributed by atoms with E-state index in [4.69, 9.17) is 5.21 Å². The van der Waals surface area contributed by atoms with Gasteiger partial charge in [-0.05, 0) is 6.92 Å². The molecular weight excluding hydrogens is 181 g/mol. The number of amidine groups is 1. The first kappa shape index (κ1) is 11.2. The zero-order valence-electron chi connectivity index (χ0n) is 5.42. The van der Waals surface area contributed by atoms with Gasteiger partial charge in [-0.15, -0.1) is 0 Å². The van der Waals surface area contributed by atoms with Gasteiger partial charge in [0, 0.05) is 46.8 Å². The van der Waals surface area contributed by atoms with Gasteiger partial charge in [-0.3, -0.25) is 0 Å². The van der Waals surface area contributed by atoms with Crippen LogP contribution < -0.4 is 0 Å². The van der Waals surface area contributed by atoms with E-state index in [-0.39, 0.29) is 32.7 Å². The number of rotatable bonds is 0. The van der Waals surface area contributed by atoms with Crippen LogP contribution in [0.5, 0.6) is 0 Å². The van der Waals surface area contributed by atoms with Gasteiger partial charge in [0.05, 0.1) is 0 Å². The minimum Gasteiger partial charge on any atom is -0.409 e. The van der Waals surface area contributed by atoms with Crippen LogP contribution in [0.1, 0.15) is 6.92 Å². The van der Waals surface area contributed by atoms with E-state index < -0.39 is 0 Å². The van der Waals surface area contributed by atoms with Gasteiger partial charge in [0.25, 0.3) is 0 Å².